The third kappa shape index (κ3) is 3.36. The number of aryl methyl sites for hydroxylation is 1. The van der Waals surface area contributed by atoms with Gasteiger partial charge in [-0.3, -0.25) is 0 Å². The van der Waals surface area contributed by atoms with Crippen LogP contribution < -0.4 is 0 Å². The average Bonchev–Trinajstić information content (AvgIpc) is 2.50. The SMILES string of the molecule is [S]CCCCCc1nnn[nH]1. The van der Waals surface area contributed by atoms with Crippen LogP contribution in [0.3, 0.4) is 0 Å². The molecule has 0 atom stereocenters. The van der Waals surface area contributed by atoms with E-state index in [9.17, 15) is 0 Å². The molecule has 1 aromatic rings. The van der Waals surface area contributed by atoms with Crippen LogP contribution in [0.5, 0.6) is 0 Å². The van der Waals surface area contributed by atoms with Crippen molar-refractivity contribution in [2.24, 2.45) is 0 Å². The van der Waals surface area contributed by atoms with Crippen LogP contribution in [0, 0.1) is 0 Å². The summed E-state index contributed by atoms with van der Waals surface area (Å²) >= 11 is 4.82. The van der Waals surface area contributed by atoms with Crippen molar-refractivity contribution < 1.29 is 0 Å². The van der Waals surface area contributed by atoms with E-state index in [4.69, 9.17) is 12.6 Å². The monoisotopic (exact) mass is 171 g/mol. The van der Waals surface area contributed by atoms with Crippen molar-refractivity contribution in [2.75, 3.05) is 5.75 Å². The zero-order chi connectivity index (χ0) is 7.94. The van der Waals surface area contributed by atoms with Crippen LogP contribution >= 0.6 is 12.6 Å². The van der Waals surface area contributed by atoms with E-state index in [-0.39, 0.29) is 0 Å². The zero-order valence-corrected chi connectivity index (χ0v) is 7.10. The number of aromatic nitrogens is 4. The van der Waals surface area contributed by atoms with Gasteiger partial charge in [0.1, 0.15) is 5.82 Å². The Morgan fingerprint density at radius 2 is 2.18 bits per heavy atom. The summed E-state index contributed by atoms with van der Waals surface area (Å²) in [5.74, 6) is 1.73. The molecule has 61 valence electrons. The standard InChI is InChI=1S/C6H11N4S/c11-5-3-1-2-4-6-7-9-10-8-6/h1-5H2,(H,7,8,9,10). The Hall–Kier alpha value is -0.580. The molecule has 0 spiro atoms. The molecule has 0 aromatic carbocycles. The molecular weight excluding hydrogens is 160 g/mol. The maximum atomic E-state index is 4.82. The highest BCUT2D eigenvalue weighted by Gasteiger charge is 1.95. The molecule has 1 radical (unpaired) electrons. The number of rotatable bonds is 5. The molecule has 1 rings (SSSR count). The van der Waals surface area contributed by atoms with E-state index in [0.717, 1.165) is 30.8 Å². The molecule has 0 bridgehead atoms. The molecule has 4 nitrogen and oxygen atoms in total. The summed E-state index contributed by atoms with van der Waals surface area (Å²) in [4.78, 5) is 0. The Bertz CT molecular complexity index is 175. The molecule has 0 unspecified atom stereocenters. The predicted molar refractivity (Wildman–Crippen MR) is 44.2 cm³/mol. The van der Waals surface area contributed by atoms with Gasteiger partial charge in [0.05, 0.1) is 0 Å². The third-order valence-electron chi connectivity index (χ3n) is 1.45. The Morgan fingerprint density at radius 1 is 1.27 bits per heavy atom. The first-order valence-electron chi connectivity index (χ1n) is 3.74. The second-order valence-electron chi connectivity index (χ2n) is 2.36. The Labute approximate surface area is 71.2 Å². The number of nitrogens with one attached hydrogen (secondary N) is 1. The first kappa shape index (κ1) is 8.52. The van der Waals surface area contributed by atoms with Crippen molar-refractivity contribution >= 4 is 12.6 Å². The van der Waals surface area contributed by atoms with Crippen LogP contribution in [0.4, 0.5) is 0 Å². The highest BCUT2D eigenvalue weighted by atomic mass is 32.1. The largest absolute Gasteiger partial charge is 0.243 e. The highest BCUT2D eigenvalue weighted by Crippen LogP contribution is 2.00. The molecule has 0 saturated heterocycles. The molecule has 0 amide bonds. The number of aromatic amines is 1. The number of hydrogen-bond acceptors (Lipinski definition) is 3. The van der Waals surface area contributed by atoms with E-state index < -0.39 is 0 Å². The first-order valence-corrected chi connectivity index (χ1v) is 4.32. The molecule has 11 heavy (non-hydrogen) atoms. The van der Waals surface area contributed by atoms with Gasteiger partial charge in [0.15, 0.2) is 0 Å². The van der Waals surface area contributed by atoms with E-state index >= 15 is 0 Å². The van der Waals surface area contributed by atoms with Gasteiger partial charge in [-0.2, -0.15) is 0 Å². The molecule has 0 aliphatic heterocycles. The molecular formula is C6H11N4S. The minimum absolute atomic E-state index is 0.856. The predicted octanol–water partition coefficient (Wildman–Crippen LogP) is 1.11. The van der Waals surface area contributed by atoms with Crippen LogP contribution in [0.1, 0.15) is 25.1 Å². The number of tetrazole rings is 1. The lowest BCUT2D eigenvalue weighted by Gasteiger charge is -1.93. The zero-order valence-electron chi connectivity index (χ0n) is 6.29. The fourth-order valence-electron chi connectivity index (χ4n) is 0.856. The molecule has 0 saturated carbocycles. The second-order valence-corrected chi connectivity index (χ2v) is 2.77. The smallest absolute Gasteiger partial charge is 0.148 e. The first-order chi connectivity index (χ1) is 5.43. The van der Waals surface area contributed by atoms with Crippen molar-refractivity contribution in [3.8, 4) is 0 Å². The topological polar surface area (TPSA) is 54.5 Å². The molecule has 0 aliphatic carbocycles. The Kier molecular flexibility index (Phi) is 3.96. The normalized spacial score (nSPS) is 10.3. The van der Waals surface area contributed by atoms with Crippen molar-refractivity contribution in [3.05, 3.63) is 5.82 Å². The summed E-state index contributed by atoms with van der Waals surface area (Å²) in [6.45, 7) is 0. The summed E-state index contributed by atoms with van der Waals surface area (Å²) in [6, 6.07) is 0. The Morgan fingerprint density at radius 3 is 2.82 bits per heavy atom. The molecule has 1 heterocycles. The van der Waals surface area contributed by atoms with Gasteiger partial charge in [0, 0.05) is 12.2 Å². The van der Waals surface area contributed by atoms with E-state index in [2.05, 4.69) is 20.6 Å². The van der Waals surface area contributed by atoms with Crippen molar-refractivity contribution in [2.45, 2.75) is 25.7 Å². The minimum Gasteiger partial charge on any atom is -0.243 e. The van der Waals surface area contributed by atoms with E-state index in [1.54, 1.807) is 0 Å². The minimum atomic E-state index is 0.856. The van der Waals surface area contributed by atoms with Crippen LogP contribution in [-0.2, 0) is 6.42 Å². The third-order valence-corrected chi connectivity index (χ3v) is 1.74. The number of unbranched alkanes of at least 4 members (excludes halogenated alkanes) is 2. The van der Waals surface area contributed by atoms with Gasteiger partial charge in [-0.25, -0.2) is 5.10 Å². The lowest BCUT2D eigenvalue weighted by molar-refractivity contribution is 0.699. The maximum Gasteiger partial charge on any atom is 0.148 e. The Balaban J connectivity index is 2.04. The van der Waals surface area contributed by atoms with Gasteiger partial charge in [-0.1, -0.05) is 19.0 Å². The number of nitrogens with zero attached hydrogens (tertiary/aromatic N) is 3. The summed E-state index contributed by atoms with van der Waals surface area (Å²) < 4.78 is 0. The van der Waals surface area contributed by atoms with Crippen LogP contribution in [0.2, 0.25) is 0 Å². The van der Waals surface area contributed by atoms with Gasteiger partial charge >= 0.3 is 0 Å². The maximum absolute atomic E-state index is 4.82. The number of H-pyrrole nitrogens is 1. The molecule has 1 N–H and O–H groups in total. The molecule has 1 aromatic heterocycles. The average molecular weight is 171 g/mol. The molecule has 0 fully saturated rings. The van der Waals surface area contributed by atoms with Crippen molar-refractivity contribution in [1.29, 1.82) is 0 Å². The lowest BCUT2D eigenvalue weighted by atomic mass is 10.2. The second kappa shape index (κ2) is 5.12. The summed E-state index contributed by atoms with van der Waals surface area (Å²) in [7, 11) is 0. The van der Waals surface area contributed by atoms with E-state index in [0.29, 0.717) is 0 Å². The summed E-state index contributed by atoms with van der Waals surface area (Å²) in [5.41, 5.74) is 0. The fourth-order valence-corrected chi connectivity index (χ4v) is 1.06. The lowest BCUT2D eigenvalue weighted by Crippen LogP contribution is -1.89. The molecule has 5 heteroatoms. The van der Waals surface area contributed by atoms with E-state index in [1.807, 2.05) is 0 Å². The van der Waals surface area contributed by atoms with Gasteiger partial charge in [0.25, 0.3) is 0 Å². The van der Waals surface area contributed by atoms with E-state index in [1.165, 1.54) is 6.42 Å². The van der Waals surface area contributed by atoms with Gasteiger partial charge < -0.3 is 0 Å². The van der Waals surface area contributed by atoms with Crippen molar-refractivity contribution in [3.63, 3.8) is 0 Å². The van der Waals surface area contributed by atoms with Crippen molar-refractivity contribution in [1.82, 2.24) is 20.6 Å². The van der Waals surface area contributed by atoms with Gasteiger partial charge in [0.2, 0.25) is 0 Å². The highest BCUT2D eigenvalue weighted by molar-refractivity contribution is 7.80. The van der Waals surface area contributed by atoms with Crippen LogP contribution in [-0.4, -0.2) is 26.4 Å². The van der Waals surface area contributed by atoms with Crippen LogP contribution in [0.25, 0.3) is 0 Å². The molecule has 0 aliphatic rings. The summed E-state index contributed by atoms with van der Waals surface area (Å²) in [6.07, 6.45) is 4.34. The quantitative estimate of drug-likeness (QED) is 0.675. The van der Waals surface area contributed by atoms with Gasteiger partial charge in [-0.05, 0) is 23.3 Å². The summed E-state index contributed by atoms with van der Waals surface area (Å²) in [5, 5.41) is 13.4. The fraction of sp³-hybridized carbons (Fsp3) is 0.833. The number of hydrogen-bond donors (Lipinski definition) is 1. The van der Waals surface area contributed by atoms with Crippen LogP contribution in [0.15, 0.2) is 0 Å². The van der Waals surface area contributed by atoms with Gasteiger partial charge in [-0.15, -0.1) is 5.10 Å².